The summed E-state index contributed by atoms with van der Waals surface area (Å²) < 4.78 is 41.2. The molecule has 0 aliphatic rings. The quantitative estimate of drug-likeness (QED) is 0.268. The van der Waals surface area contributed by atoms with E-state index in [0.717, 1.165) is 17.7 Å². The number of hydrogen-bond donors (Lipinski definition) is 3. The van der Waals surface area contributed by atoms with E-state index in [2.05, 4.69) is 15.6 Å². The standard InChI is InChI=1S/C29H25F3N4O/c1-20-8-5-15-26(34-20)28(18-21-9-3-2-4-10-21,23-12-7-13-24(17-23)29(30,31)32)36-27(37)35-25-14-6-11-22(16-25)19-33/h2-17,27,35-37H,18H2,1H3. The number of alkyl halides is 3. The molecule has 0 amide bonds. The summed E-state index contributed by atoms with van der Waals surface area (Å²) >= 11 is 0. The van der Waals surface area contributed by atoms with Crippen LogP contribution >= 0.6 is 0 Å². The lowest BCUT2D eigenvalue weighted by atomic mass is 9.79. The first-order valence-corrected chi connectivity index (χ1v) is 11.6. The molecule has 4 rings (SSSR count). The molecule has 0 fully saturated rings. The first-order chi connectivity index (χ1) is 17.7. The Morgan fingerprint density at radius 3 is 2.30 bits per heavy atom. The summed E-state index contributed by atoms with van der Waals surface area (Å²) in [6, 6.07) is 28.2. The highest BCUT2D eigenvalue weighted by Gasteiger charge is 2.40. The van der Waals surface area contributed by atoms with Gasteiger partial charge in [-0.15, -0.1) is 0 Å². The number of halogens is 3. The van der Waals surface area contributed by atoms with Crippen molar-refractivity contribution < 1.29 is 18.3 Å². The second-order valence-electron chi connectivity index (χ2n) is 8.69. The lowest BCUT2D eigenvalue weighted by molar-refractivity contribution is -0.137. The Morgan fingerprint density at radius 2 is 1.59 bits per heavy atom. The van der Waals surface area contributed by atoms with Gasteiger partial charge in [0.15, 0.2) is 6.35 Å². The number of aromatic nitrogens is 1. The van der Waals surface area contributed by atoms with E-state index >= 15 is 0 Å². The Labute approximate surface area is 213 Å². The van der Waals surface area contributed by atoms with Crippen LogP contribution in [-0.4, -0.2) is 16.4 Å². The highest BCUT2D eigenvalue weighted by molar-refractivity contribution is 5.50. The van der Waals surface area contributed by atoms with Gasteiger partial charge in [-0.25, -0.2) is 0 Å². The zero-order chi connectivity index (χ0) is 26.5. The molecule has 1 aromatic heterocycles. The molecule has 0 radical (unpaired) electrons. The molecule has 37 heavy (non-hydrogen) atoms. The maximum atomic E-state index is 13.7. The third kappa shape index (κ3) is 6.15. The number of nitriles is 1. The van der Waals surface area contributed by atoms with Crippen molar-refractivity contribution in [2.45, 2.75) is 31.4 Å². The van der Waals surface area contributed by atoms with Crippen molar-refractivity contribution in [3.8, 4) is 6.07 Å². The van der Waals surface area contributed by atoms with E-state index < -0.39 is 23.6 Å². The molecule has 4 aromatic rings. The highest BCUT2D eigenvalue weighted by atomic mass is 19.4. The minimum absolute atomic E-state index is 0.197. The van der Waals surface area contributed by atoms with Gasteiger partial charge >= 0.3 is 6.18 Å². The van der Waals surface area contributed by atoms with Gasteiger partial charge in [0, 0.05) is 17.8 Å². The van der Waals surface area contributed by atoms with Crippen molar-refractivity contribution in [3.05, 3.63) is 131 Å². The van der Waals surface area contributed by atoms with Crippen LogP contribution in [0.1, 0.15) is 33.6 Å². The van der Waals surface area contributed by atoms with Crippen LogP contribution in [0.25, 0.3) is 0 Å². The smallest absolute Gasteiger partial charge is 0.361 e. The third-order valence-corrected chi connectivity index (χ3v) is 6.00. The lowest BCUT2D eigenvalue weighted by Crippen LogP contribution is -2.53. The summed E-state index contributed by atoms with van der Waals surface area (Å²) in [6.07, 6.45) is -5.76. The zero-order valence-electron chi connectivity index (χ0n) is 20.0. The first-order valence-electron chi connectivity index (χ1n) is 11.6. The number of benzene rings is 3. The average Bonchev–Trinajstić information content (AvgIpc) is 2.88. The Kier molecular flexibility index (Phi) is 7.58. The molecule has 188 valence electrons. The van der Waals surface area contributed by atoms with E-state index in [1.54, 1.807) is 55.5 Å². The van der Waals surface area contributed by atoms with Crippen LogP contribution in [0, 0.1) is 18.3 Å². The predicted molar refractivity (Wildman–Crippen MR) is 135 cm³/mol. The Balaban J connectivity index is 1.87. The monoisotopic (exact) mass is 502 g/mol. The Bertz CT molecular complexity index is 1400. The predicted octanol–water partition coefficient (Wildman–Crippen LogP) is 5.74. The fourth-order valence-electron chi connectivity index (χ4n) is 4.30. The van der Waals surface area contributed by atoms with Gasteiger partial charge in [-0.2, -0.15) is 18.4 Å². The fourth-order valence-corrected chi connectivity index (χ4v) is 4.30. The molecule has 0 spiro atoms. The number of aliphatic hydroxyl groups is 1. The number of nitrogens with zero attached hydrogens (tertiary/aromatic N) is 2. The lowest BCUT2D eigenvalue weighted by Gasteiger charge is -2.38. The molecular weight excluding hydrogens is 477 g/mol. The van der Waals surface area contributed by atoms with Gasteiger partial charge in [0.2, 0.25) is 0 Å². The number of aliphatic hydroxyl groups excluding tert-OH is 1. The molecule has 0 saturated carbocycles. The first kappa shape index (κ1) is 25.9. The highest BCUT2D eigenvalue weighted by Crippen LogP contribution is 2.37. The SMILES string of the molecule is Cc1cccc(C(Cc2ccccc2)(NC(O)Nc2cccc(C#N)c2)c2cccc(C(F)(F)F)c2)n1. The number of aryl methyl sites for hydroxylation is 1. The third-order valence-electron chi connectivity index (χ3n) is 6.00. The summed E-state index contributed by atoms with van der Waals surface area (Å²) in [4.78, 5) is 4.67. The van der Waals surface area contributed by atoms with E-state index in [9.17, 15) is 23.5 Å². The molecule has 0 bridgehead atoms. The van der Waals surface area contributed by atoms with Crippen molar-refractivity contribution in [1.82, 2.24) is 10.3 Å². The molecule has 1 heterocycles. The summed E-state index contributed by atoms with van der Waals surface area (Å²) in [5.74, 6) is 0. The summed E-state index contributed by atoms with van der Waals surface area (Å²) in [6.45, 7) is 1.80. The molecule has 2 unspecified atom stereocenters. The van der Waals surface area contributed by atoms with E-state index in [1.807, 2.05) is 36.4 Å². The van der Waals surface area contributed by atoms with Crippen LogP contribution in [-0.2, 0) is 18.1 Å². The van der Waals surface area contributed by atoms with E-state index in [1.165, 1.54) is 6.07 Å². The van der Waals surface area contributed by atoms with Crippen LogP contribution in [0.5, 0.6) is 0 Å². The second kappa shape index (κ2) is 10.8. The molecule has 0 aliphatic heterocycles. The van der Waals surface area contributed by atoms with Crippen LogP contribution in [0.4, 0.5) is 18.9 Å². The number of anilines is 1. The van der Waals surface area contributed by atoms with Gasteiger partial charge in [0.25, 0.3) is 0 Å². The van der Waals surface area contributed by atoms with Gasteiger partial charge in [-0.1, -0.05) is 54.6 Å². The Morgan fingerprint density at radius 1 is 0.892 bits per heavy atom. The minimum Gasteiger partial charge on any atom is -0.361 e. The molecule has 2 atom stereocenters. The number of hydrogen-bond acceptors (Lipinski definition) is 5. The van der Waals surface area contributed by atoms with Gasteiger partial charge in [-0.05, 0) is 60.5 Å². The maximum Gasteiger partial charge on any atom is 0.416 e. The van der Waals surface area contributed by atoms with Crippen LogP contribution in [0.2, 0.25) is 0 Å². The summed E-state index contributed by atoms with van der Waals surface area (Å²) in [5.41, 5.74) is 0.940. The van der Waals surface area contributed by atoms with Crippen molar-refractivity contribution >= 4 is 5.69 Å². The number of rotatable bonds is 8. The minimum atomic E-state index is -4.55. The number of pyridine rings is 1. The van der Waals surface area contributed by atoms with Crippen molar-refractivity contribution in [1.29, 1.82) is 5.26 Å². The second-order valence-corrected chi connectivity index (χ2v) is 8.69. The van der Waals surface area contributed by atoms with Gasteiger partial charge in [-0.3, -0.25) is 10.3 Å². The number of nitrogens with one attached hydrogen (secondary N) is 2. The molecule has 0 saturated heterocycles. The fraction of sp³-hybridized carbons (Fsp3) is 0.172. The summed E-state index contributed by atoms with van der Waals surface area (Å²) in [7, 11) is 0. The van der Waals surface area contributed by atoms with E-state index in [0.29, 0.717) is 22.6 Å². The van der Waals surface area contributed by atoms with Crippen LogP contribution in [0.3, 0.4) is 0 Å². The molecule has 5 nitrogen and oxygen atoms in total. The molecule has 8 heteroatoms. The maximum absolute atomic E-state index is 13.7. The van der Waals surface area contributed by atoms with Gasteiger partial charge in [0.1, 0.15) is 0 Å². The molecule has 3 N–H and O–H groups in total. The molecule has 3 aromatic carbocycles. The summed E-state index contributed by atoms with van der Waals surface area (Å²) in [5, 5.41) is 26.4. The van der Waals surface area contributed by atoms with E-state index in [-0.39, 0.29) is 12.0 Å². The topological polar surface area (TPSA) is 81.0 Å². The largest absolute Gasteiger partial charge is 0.416 e. The average molecular weight is 503 g/mol. The molecule has 0 aliphatic carbocycles. The van der Waals surface area contributed by atoms with Gasteiger partial charge < -0.3 is 10.4 Å². The van der Waals surface area contributed by atoms with Gasteiger partial charge in [0.05, 0.1) is 28.4 Å². The van der Waals surface area contributed by atoms with Crippen molar-refractivity contribution in [2.75, 3.05) is 5.32 Å². The molecular formula is C29H25F3N4O. The zero-order valence-corrected chi connectivity index (χ0v) is 20.0. The van der Waals surface area contributed by atoms with Crippen molar-refractivity contribution in [3.63, 3.8) is 0 Å². The van der Waals surface area contributed by atoms with Crippen LogP contribution < -0.4 is 10.6 Å². The van der Waals surface area contributed by atoms with E-state index in [4.69, 9.17) is 0 Å². The van der Waals surface area contributed by atoms with Crippen LogP contribution in [0.15, 0.2) is 97.1 Å². The van der Waals surface area contributed by atoms with Crippen molar-refractivity contribution in [2.24, 2.45) is 0 Å². The normalized spacial score (nSPS) is 13.8. The Hall–Kier alpha value is -4.19.